The van der Waals surface area contributed by atoms with Crippen LogP contribution in [0.5, 0.6) is 0 Å². The molecule has 0 spiro atoms. The highest BCUT2D eigenvalue weighted by Gasteiger charge is 2.42. The zero-order valence-corrected chi connectivity index (χ0v) is 11.7. The Balaban J connectivity index is 1.79. The lowest BCUT2D eigenvalue weighted by atomic mass is 9.93. The van der Waals surface area contributed by atoms with Crippen LogP contribution in [0.4, 0.5) is 0 Å². The molecule has 1 heterocycles. The molecule has 0 bridgehead atoms. The fourth-order valence-corrected chi connectivity index (χ4v) is 3.82. The number of amides is 1. The Hall–Kier alpha value is -0.220. The van der Waals surface area contributed by atoms with Crippen LogP contribution in [0.15, 0.2) is 0 Å². The third kappa shape index (κ3) is 3.16. The van der Waals surface area contributed by atoms with Crippen LogP contribution in [0.2, 0.25) is 0 Å². The van der Waals surface area contributed by atoms with Gasteiger partial charge in [0.2, 0.25) is 5.91 Å². The first-order valence-electron chi connectivity index (χ1n) is 6.84. The first-order valence-corrected chi connectivity index (χ1v) is 7.99. The Morgan fingerprint density at radius 1 is 1.53 bits per heavy atom. The normalized spacial score (nSPS) is 33.4. The predicted molar refractivity (Wildman–Crippen MR) is 73.2 cm³/mol. The minimum Gasteiger partial charge on any atom is -0.351 e. The molecule has 1 saturated carbocycles. The van der Waals surface area contributed by atoms with Gasteiger partial charge in [0.05, 0.1) is 6.04 Å². The van der Waals surface area contributed by atoms with Gasteiger partial charge in [-0.05, 0) is 43.9 Å². The molecule has 3 nitrogen and oxygen atoms in total. The van der Waals surface area contributed by atoms with Gasteiger partial charge in [-0.3, -0.25) is 4.79 Å². The summed E-state index contributed by atoms with van der Waals surface area (Å²) in [6.45, 7) is 5.29. The van der Waals surface area contributed by atoms with Gasteiger partial charge in [0, 0.05) is 11.8 Å². The number of rotatable bonds is 5. The molecule has 2 aliphatic rings. The molecule has 1 aliphatic carbocycles. The van der Waals surface area contributed by atoms with E-state index in [9.17, 15) is 4.79 Å². The van der Waals surface area contributed by atoms with E-state index in [1.165, 1.54) is 19.3 Å². The summed E-state index contributed by atoms with van der Waals surface area (Å²) in [6, 6.07) is 0.367. The van der Waals surface area contributed by atoms with Gasteiger partial charge in [-0.1, -0.05) is 13.3 Å². The topological polar surface area (TPSA) is 41.1 Å². The van der Waals surface area contributed by atoms with Crippen LogP contribution in [-0.4, -0.2) is 36.0 Å². The standard InChI is InChI=1S/C13H24N2OS/c1-3-17-8-9(2)15-13(16)12-11-6-4-5-10(11)7-14-12/h9-12,14H,3-8H2,1-2H3,(H,15,16). The molecule has 4 unspecified atom stereocenters. The summed E-state index contributed by atoms with van der Waals surface area (Å²) in [5, 5.41) is 6.55. The largest absolute Gasteiger partial charge is 0.351 e. The van der Waals surface area contributed by atoms with Crippen molar-refractivity contribution in [2.24, 2.45) is 11.8 Å². The van der Waals surface area contributed by atoms with E-state index in [2.05, 4.69) is 24.5 Å². The third-order valence-corrected chi connectivity index (χ3v) is 5.13. The fraction of sp³-hybridized carbons (Fsp3) is 0.923. The second-order valence-corrected chi connectivity index (χ2v) is 6.63. The average Bonchev–Trinajstić information content (AvgIpc) is 2.87. The molecule has 2 rings (SSSR count). The van der Waals surface area contributed by atoms with Crippen molar-refractivity contribution in [2.45, 2.75) is 45.2 Å². The van der Waals surface area contributed by atoms with Crippen molar-refractivity contribution in [3.05, 3.63) is 0 Å². The van der Waals surface area contributed by atoms with Crippen LogP contribution in [-0.2, 0) is 4.79 Å². The van der Waals surface area contributed by atoms with Gasteiger partial charge < -0.3 is 10.6 Å². The molecule has 2 fully saturated rings. The number of nitrogens with one attached hydrogen (secondary N) is 2. The van der Waals surface area contributed by atoms with E-state index in [-0.39, 0.29) is 18.0 Å². The maximum absolute atomic E-state index is 12.2. The first kappa shape index (κ1) is 13.2. The van der Waals surface area contributed by atoms with Gasteiger partial charge >= 0.3 is 0 Å². The number of carbonyl (C=O) groups excluding carboxylic acids is 1. The molecule has 1 saturated heterocycles. The molecular formula is C13H24N2OS. The Kier molecular flexibility index (Phi) is 4.74. The summed E-state index contributed by atoms with van der Waals surface area (Å²) >= 11 is 1.89. The molecule has 0 aromatic heterocycles. The van der Waals surface area contributed by atoms with E-state index < -0.39 is 0 Å². The minimum atomic E-state index is 0.0802. The Bertz CT molecular complexity index is 272. The first-order chi connectivity index (χ1) is 8.22. The monoisotopic (exact) mass is 256 g/mol. The highest BCUT2D eigenvalue weighted by Crippen LogP contribution is 2.37. The molecule has 2 N–H and O–H groups in total. The van der Waals surface area contributed by atoms with Crippen molar-refractivity contribution < 1.29 is 4.79 Å². The second kappa shape index (κ2) is 6.10. The Labute approximate surface area is 108 Å². The van der Waals surface area contributed by atoms with Crippen molar-refractivity contribution in [2.75, 3.05) is 18.1 Å². The summed E-state index contributed by atoms with van der Waals surface area (Å²) in [5.41, 5.74) is 0. The number of thioether (sulfide) groups is 1. The highest BCUT2D eigenvalue weighted by molar-refractivity contribution is 7.99. The molecule has 0 radical (unpaired) electrons. The van der Waals surface area contributed by atoms with Crippen LogP contribution >= 0.6 is 11.8 Å². The van der Waals surface area contributed by atoms with Crippen LogP contribution in [0.25, 0.3) is 0 Å². The lowest BCUT2D eigenvalue weighted by molar-refractivity contribution is -0.124. The van der Waals surface area contributed by atoms with E-state index in [0.717, 1.165) is 24.0 Å². The van der Waals surface area contributed by atoms with E-state index in [0.29, 0.717) is 5.92 Å². The summed E-state index contributed by atoms with van der Waals surface area (Å²) in [4.78, 5) is 12.2. The van der Waals surface area contributed by atoms with Crippen molar-refractivity contribution in [3.63, 3.8) is 0 Å². The van der Waals surface area contributed by atoms with Gasteiger partial charge in [0.25, 0.3) is 0 Å². The lowest BCUT2D eigenvalue weighted by Crippen LogP contribution is -2.47. The molecular weight excluding hydrogens is 232 g/mol. The maximum atomic E-state index is 12.2. The molecule has 0 aromatic rings. The molecule has 98 valence electrons. The van der Waals surface area contributed by atoms with Gasteiger partial charge in [0.1, 0.15) is 0 Å². The van der Waals surface area contributed by atoms with E-state index in [1.54, 1.807) is 0 Å². The summed E-state index contributed by atoms with van der Waals surface area (Å²) in [7, 11) is 0. The van der Waals surface area contributed by atoms with Crippen LogP contribution < -0.4 is 10.6 Å². The van der Waals surface area contributed by atoms with E-state index in [4.69, 9.17) is 0 Å². The minimum absolute atomic E-state index is 0.0802. The average molecular weight is 256 g/mol. The predicted octanol–water partition coefficient (Wildman–Crippen LogP) is 1.63. The van der Waals surface area contributed by atoms with Gasteiger partial charge in [-0.25, -0.2) is 0 Å². The SMILES string of the molecule is CCSCC(C)NC(=O)C1NCC2CCCC21. The molecule has 1 aliphatic heterocycles. The number of hydrogen-bond acceptors (Lipinski definition) is 3. The summed E-state index contributed by atoms with van der Waals surface area (Å²) < 4.78 is 0. The molecule has 1 amide bonds. The van der Waals surface area contributed by atoms with Crippen molar-refractivity contribution in [1.29, 1.82) is 0 Å². The van der Waals surface area contributed by atoms with Crippen LogP contribution in [0.1, 0.15) is 33.1 Å². The van der Waals surface area contributed by atoms with Crippen molar-refractivity contribution >= 4 is 17.7 Å². The van der Waals surface area contributed by atoms with Crippen LogP contribution in [0.3, 0.4) is 0 Å². The van der Waals surface area contributed by atoms with Crippen LogP contribution in [0, 0.1) is 11.8 Å². The van der Waals surface area contributed by atoms with E-state index in [1.807, 2.05) is 11.8 Å². The van der Waals surface area contributed by atoms with Gasteiger partial charge in [-0.2, -0.15) is 11.8 Å². The fourth-order valence-electron chi connectivity index (χ4n) is 3.14. The summed E-state index contributed by atoms with van der Waals surface area (Å²) in [5.74, 6) is 3.71. The Morgan fingerprint density at radius 2 is 2.35 bits per heavy atom. The molecule has 4 heteroatoms. The molecule has 4 atom stereocenters. The highest BCUT2D eigenvalue weighted by atomic mass is 32.2. The number of hydrogen-bond donors (Lipinski definition) is 2. The summed E-state index contributed by atoms with van der Waals surface area (Å²) in [6.07, 6.45) is 3.85. The van der Waals surface area contributed by atoms with Gasteiger partial charge in [-0.15, -0.1) is 0 Å². The van der Waals surface area contributed by atoms with E-state index >= 15 is 0 Å². The molecule has 17 heavy (non-hydrogen) atoms. The zero-order valence-electron chi connectivity index (χ0n) is 10.9. The lowest BCUT2D eigenvalue weighted by Gasteiger charge is -2.20. The smallest absolute Gasteiger partial charge is 0.237 e. The molecule has 0 aromatic carbocycles. The Morgan fingerprint density at radius 3 is 3.12 bits per heavy atom. The van der Waals surface area contributed by atoms with Crippen molar-refractivity contribution in [3.8, 4) is 0 Å². The van der Waals surface area contributed by atoms with Crippen molar-refractivity contribution in [1.82, 2.24) is 10.6 Å². The quantitative estimate of drug-likeness (QED) is 0.785. The maximum Gasteiger partial charge on any atom is 0.237 e. The number of carbonyl (C=O) groups is 1. The van der Waals surface area contributed by atoms with Gasteiger partial charge in [0.15, 0.2) is 0 Å². The second-order valence-electron chi connectivity index (χ2n) is 5.31. The third-order valence-electron chi connectivity index (χ3n) is 3.99. The zero-order chi connectivity index (χ0) is 12.3. The number of fused-ring (bicyclic) bond motifs is 1.